The van der Waals surface area contributed by atoms with Crippen LogP contribution < -0.4 is 14.8 Å². The van der Waals surface area contributed by atoms with Gasteiger partial charge < -0.3 is 14.8 Å². The molecule has 0 saturated carbocycles. The van der Waals surface area contributed by atoms with Crippen molar-refractivity contribution >= 4 is 23.2 Å². The molecule has 0 radical (unpaired) electrons. The summed E-state index contributed by atoms with van der Waals surface area (Å²) in [6.07, 6.45) is 4.36. The number of nitrogens with zero attached hydrogens (tertiary/aromatic N) is 2. The molecule has 9 heteroatoms. The fraction of sp³-hybridized carbons (Fsp3) is 0.444. The fourth-order valence-electron chi connectivity index (χ4n) is 4.08. The van der Waals surface area contributed by atoms with Gasteiger partial charge in [-0.2, -0.15) is 13.9 Å². The number of benzene rings is 2. The van der Waals surface area contributed by atoms with Gasteiger partial charge in [-0.1, -0.05) is 38.8 Å². The number of halogens is 2. The quantitative estimate of drug-likeness (QED) is 0.363. The van der Waals surface area contributed by atoms with Gasteiger partial charge in [0.2, 0.25) is 11.8 Å². The minimum atomic E-state index is -2.99. The highest BCUT2D eigenvalue weighted by atomic mass is 19.3. The highest BCUT2D eigenvalue weighted by Crippen LogP contribution is 2.33. The summed E-state index contributed by atoms with van der Waals surface area (Å²) in [4.78, 5) is 24.9. The summed E-state index contributed by atoms with van der Waals surface area (Å²) >= 11 is 0. The predicted octanol–water partition coefficient (Wildman–Crippen LogP) is 5.98. The van der Waals surface area contributed by atoms with Gasteiger partial charge in [0, 0.05) is 30.0 Å². The monoisotopic (exact) mass is 501 g/mol. The van der Waals surface area contributed by atoms with Gasteiger partial charge in [-0.15, -0.1) is 0 Å². The third-order valence-corrected chi connectivity index (χ3v) is 6.07. The third kappa shape index (κ3) is 7.26. The summed E-state index contributed by atoms with van der Waals surface area (Å²) in [6, 6.07) is 12.0. The molecule has 1 aliphatic heterocycles. The summed E-state index contributed by atoms with van der Waals surface area (Å²) < 4.78 is 35.5. The van der Waals surface area contributed by atoms with E-state index in [1.165, 1.54) is 18.2 Å². The average Bonchev–Trinajstić information content (AvgIpc) is 2.86. The third-order valence-electron chi connectivity index (χ3n) is 6.07. The molecule has 36 heavy (non-hydrogen) atoms. The van der Waals surface area contributed by atoms with Crippen LogP contribution in [0.25, 0.3) is 0 Å². The van der Waals surface area contributed by atoms with Crippen molar-refractivity contribution in [1.82, 2.24) is 5.01 Å². The molecule has 0 spiro atoms. The van der Waals surface area contributed by atoms with Gasteiger partial charge in [0.05, 0.1) is 19.4 Å². The van der Waals surface area contributed by atoms with Crippen molar-refractivity contribution in [1.29, 1.82) is 0 Å². The van der Waals surface area contributed by atoms with Crippen LogP contribution in [-0.4, -0.2) is 36.3 Å². The van der Waals surface area contributed by atoms with Gasteiger partial charge in [-0.3, -0.25) is 9.59 Å². The molecule has 194 valence electrons. The van der Waals surface area contributed by atoms with E-state index in [9.17, 15) is 18.4 Å². The van der Waals surface area contributed by atoms with Crippen molar-refractivity contribution in [2.45, 2.75) is 65.5 Å². The van der Waals surface area contributed by atoms with Crippen molar-refractivity contribution in [3.63, 3.8) is 0 Å². The van der Waals surface area contributed by atoms with E-state index >= 15 is 0 Å². The number of rotatable bonds is 12. The van der Waals surface area contributed by atoms with Crippen LogP contribution in [0.15, 0.2) is 47.6 Å². The number of alkyl halides is 2. The van der Waals surface area contributed by atoms with Gasteiger partial charge in [0.25, 0.3) is 0 Å². The first-order chi connectivity index (χ1) is 17.3. The van der Waals surface area contributed by atoms with E-state index in [1.54, 1.807) is 24.3 Å². The van der Waals surface area contributed by atoms with Crippen LogP contribution in [-0.2, 0) is 16.1 Å². The first-order valence-electron chi connectivity index (χ1n) is 12.2. The number of methoxy groups -OCH3 is 1. The molecule has 2 amide bonds. The number of hydrogen-bond donors (Lipinski definition) is 1. The normalized spacial score (nSPS) is 15.6. The molecule has 1 unspecified atom stereocenters. The van der Waals surface area contributed by atoms with E-state index in [0.29, 0.717) is 29.8 Å². The zero-order valence-corrected chi connectivity index (χ0v) is 20.9. The smallest absolute Gasteiger partial charge is 0.387 e. The predicted molar refractivity (Wildman–Crippen MR) is 134 cm³/mol. The number of hydrazone groups is 1. The van der Waals surface area contributed by atoms with E-state index < -0.39 is 6.61 Å². The number of carbonyl (C=O) groups is 2. The lowest BCUT2D eigenvalue weighted by Gasteiger charge is -2.29. The van der Waals surface area contributed by atoms with E-state index in [1.807, 2.05) is 19.1 Å². The van der Waals surface area contributed by atoms with E-state index in [4.69, 9.17) is 4.74 Å². The molecule has 2 aromatic carbocycles. The lowest BCUT2D eigenvalue weighted by molar-refractivity contribution is -0.133. The number of nitrogens with one attached hydrogen (secondary N) is 1. The lowest BCUT2D eigenvalue weighted by Crippen LogP contribution is -2.36. The summed E-state index contributed by atoms with van der Waals surface area (Å²) in [5, 5.41) is 8.90. The molecule has 0 aliphatic carbocycles. The van der Waals surface area contributed by atoms with Crippen LogP contribution in [0.2, 0.25) is 0 Å². The Morgan fingerprint density at radius 2 is 1.89 bits per heavy atom. The Kier molecular flexibility index (Phi) is 9.78. The molecule has 2 aromatic rings. The number of carbonyl (C=O) groups excluding carboxylic acids is 2. The Labute approximate surface area is 210 Å². The van der Waals surface area contributed by atoms with Crippen LogP contribution in [0.4, 0.5) is 14.5 Å². The number of anilines is 1. The lowest BCUT2D eigenvalue weighted by atomic mass is 9.89. The standard InChI is InChI=1S/C27H33F2N3O4/c1-4-6-7-8-24(33)30-21-12-9-18(10-13-21)17-32-25(34)16-19(5-2)26(31-32)20-11-14-22(35-3)23(15-20)36-27(28)29/h9-15,19,27H,4-8,16-17H2,1-3H3,(H,30,33). The maximum atomic E-state index is 12.9. The summed E-state index contributed by atoms with van der Waals surface area (Å²) in [6.45, 7) is 1.31. The molecule has 1 aliphatic rings. The molecule has 1 atom stereocenters. The molecular formula is C27H33F2N3O4. The summed E-state index contributed by atoms with van der Waals surface area (Å²) in [5.74, 6) is -0.174. The van der Waals surface area contributed by atoms with Crippen LogP contribution >= 0.6 is 0 Å². The number of ether oxygens (including phenoxy) is 2. The average molecular weight is 502 g/mol. The summed E-state index contributed by atoms with van der Waals surface area (Å²) in [5.41, 5.74) is 2.78. The van der Waals surface area contributed by atoms with Gasteiger partial charge in [-0.25, -0.2) is 5.01 Å². The van der Waals surface area contributed by atoms with Gasteiger partial charge >= 0.3 is 6.61 Å². The van der Waals surface area contributed by atoms with Crippen LogP contribution in [0.3, 0.4) is 0 Å². The van der Waals surface area contributed by atoms with Crippen LogP contribution in [0, 0.1) is 5.92 Å². The van der Waals surface area contributed by atoms with Crippen LogP contribution in [0.1, 0.15) is 63.5 Å². The Hall–Kier alpha value is -3.49. The first-order valence-corrected chi connectivity index (χ1v) is 12.2. The van der Waals surface area contributed by atoms with E-state index in [-0.39, 0.29) is 42.2 Å². The molecule has 7 nitrogen and oxygen atoms in total. The maximum absolute atomic E-state index is 12.9. The topological polar surface area (TPSA) is 80.2 Å². The highest BCUT2D eigenvalue weighted by molar-refractivity contribution is 6.06. The largest absolute Gasteiger partial charge is 0.493 e. The van der Waals surface area contributed by atoms with Crippen LogP contribution in [0.5, 0.6) is 11.5 Å². The number of unbranched alkanes of at least 4 members (excludes halogenated alkanes) is 2. The minimum absolute atomic E-state index is 0.0167. The van der Waals surface area contributed by atoms with Crippen molar-refractivity contribution in [2.75, 3.05) is 12.4 Å². The molecule has 0 aromatic heterocycles. The Morgan fingerprint density at radius 3 is 2.53 bits per heavy atom. The second-order valence-electron chi connectivity index (χ2n) is 8.69. The molecule has 0 saturated heterocycles. The molecular weight excluding hydrogens is 468 g/mol. The van der Waals surface area contributed by atoms with Crippen molar-refractivity contribution < 1.29 is 27.8 Å². The van der Waals surface area contributed by atoms with E-state index in [2.05, 4.69) is 22.1 Å². The zero-order valence-electron chi connectivity index (χ0n) is 20.9. The second-order valence-corrected chi connectivity index (χ2v) is 8.69. The number of hydrogen-bond acceptors (Lipinski definition) is 5. The molecule has 0 bridgehead atoms. The van der Waals surface area contributed by atoms with Gasteiger partial charge in [-0.05, 0) is 48.7 Å². The molecule has 1 heterocycles. The second kappa shape index (κ2) is 13.0. The zero-order chi connectivity index (χ0) is 26.1. The van der Waals surface area contributed by atoms with Crippen molar-refractivity contribution in [3.05, 3.63) is 53.6 Å². The molecule has 0 fully saturated rings. The summed E-state index contributed by atoms with van der Waals surface area (Å²) in [7, 11) is 1.38. The van der Waals surface area contributed by atoms with Gasteiger partial charge in [0.15, 0.2) is 11.5 Å². The SMILES string of the molecule is CCCCCC(=O)Nc1ccc(CN2N=C(c3ccc(OC)c(OC(F)F)c3)C(CC)CC2=O)cc1. The minimum Gasteiger partial charge on any atom is -0.493 e. The molecule has 3 rings (SSSR count). The first kappa shape index (κ1) is 27.1. The van der Waals surface area contributed by atoms with Gasteiger partial charge in [0.1, 0.15) is 0 Å². The Bertz CT molecular complexity index is 1070. The Morgan fingerprint density at radius 1 is 1.14 bits per heavy atom. The molecule has 1 N–H and O–H groups in total. The van der Waals surface area contributed by atoms with Crippen molar-refractivity contribution in [2.24, 2.45) is 11.0 Å². The highest BCUT2D eigenvalue weighted by Gasteiger charge is 2.30. The van der Waals surface area contributed by atoms with Crippen molar-refractivity contribution in [3.8, 4) is 11.5 Å². The maximum Gasteiger partial charge on any atom is 0.387 e. The van der Waals surface area contributed by atoms with E-state index in [0.717, 1.165) is 24.8 Å². The number of amides is 2. The fourth-order valence-corrected chi connectivity index (χ4v) is 4.08. The Balaban J connectivity index is 1.77.